The number of fused-ring (bicyclic) bond motifs is 8. The van der Waals surface area contributed by atoms with Crippen molar-refractivity contribution in [2.24, 2.45) is 0 Å². The molecule has 0 amide bonds. The van der Waals surface area contributed by atoms with Crippen LogP contribution in [0.1, 0.15) is 0 Å². The highest BCUT2D eigenvalue weighted by atomic mass is 32.2. The Morgan fingerprint density at radius 1 is 0.274 bits per heavy atom. The zero-order valence-electron chi connectivity index (χ0n) is 39.8. The molecule has 0 fully saturated rings. The average molecular weight is 997 g/mol. The first-order chi connectivity index (χ1) is 36.2. The van der Waals surface area contributed by atoms with Gasteiger partial charge in [0, 0.05) is 53.7 Å². The van der Waals surface area contributed by atoms with Crippen molar-refractivity contribution in [3.05, 3.63) is 273 Å². The summed E-state index contributed by atoms with van der Waals surface area (Å²) < 4.78 is 0. The van der Waals surface area contributed by atoms with Gasteiger partial charge >= 0.3 is 0 Å². The minimum atomic E-state index is -2.77. The summed E-state index contributed by atoms with van der Waals surface area (Å²) in [7, 11) is -5.53. The molecular formula is C66H45BN2S2Si2. The van der Waals surface area contributed by atoms with Gasteiger partial charge in [-0.1, -0.05) is 235 Å². The number of rotatable bonds is 6. The zero-order chi connectivity index (χ0) is 48.1. The predicted octanol–water partition coefficient (Wildman–Crippen LogP) is 9.45. The van der Waals surface area contributed by atoms with Gasteiger partial charge in [0.2, 0.25) is 6.71 Å². The van der Waals surface area contributed by atoms with Crippen LogP contribution in [-0.4, -0.2) is 22.9 Å². The minimum Gasteiger partial charge on any atom is -0.311 e. The van der Waals surface area contributed by atoms with Crippen LogP contribution in [0.2, 0.25) is 0 Å². The first-order valence-corrected chi connectivity index (χ1v) is 30.8. The van der Waals surface area contributed by atoms with Gasteiger partial charge in [0.05, 0.1) is 0 Å². The fourth-order valence-corrected chi connectivity index (χ4v) is 25.6. The normalized spacial score (nSPS) is 14.9. The Balaban J connectivity index is 0.923. The lowest BCUT2D eigenvalue weighted by Gasteiger charge is -2.45. The second-order valence-corrected chi connectivity index (χ2v) is 29.1. The van der Waals surface area contributed by atoms with Crippen LogP contribution in [0.25, 0.3) is 0 Å². The Morgan fingerprint density at radius 2 is 0.575 bits per heavy atom. The third kappa shape index (κ3) is 6.20. The number of hydrogen-bond donors (Lipinski definition) is 0. The van der Waals surface area contributed by atoms with Gasteiger partial charge in [-0.15, -0.1) is 0 Å². The molecule has 0 saturated carbocycles. The van der Waals surface area contributed by atoms with Crippen LogP contribution in [0.4, 0.5) is 34.1 Å². The topological polar surface area (TPSA) is 6.48 Å². The van der Waals surface area contributed by atoms with Gasteiger partial charge in [-0.05, 0) is 120 Å². The summed E-state index contributed by atoms with van der Waals surface area (Å²) in [4.78, 5) is 10.5. The molecule has 0 bridgehead atoms. The molecule has 4 aliphatic rings. The molecule has 0 radical (unpaired) electrons. The number of anilines is 6. The maximum absolute atomic E-state index is 2.77. The standard InChI is InChI=1S/C66H45BN2S2Si2/c1-5-22-48(23-6-1)72(49-24-7-2-8-25-49)62-36-17-13-30-54(62)68(55-31-14-18-37-63(55)72)46-40-42-58-52(44-46)67-53-45-47(41-43-59(53)71-61-35-21-34-60(70-58)66(61)67)69-56-32-15-19-38-64(56)73(50-26-9-3-10-27-50,51-28-11-4-12-29-51)65-39-20-16-33-57(65)69/h1-45H. The van der Waals surface area contributed by atoms with Crippen molar-refractivity contribution in [2.75, 3.05) is 9.80 Å². The van der Waals surface area contributed by atoms with E-state index < -0.39 is 16.1 Å². The van der Waals surface area contributed by atoms with E-state index in [1.165, 1.54) is 112 Å². The molecule has 0 unspecified atom stereocenters. The Kier molecular flexibility index (Phi) is 9.92. The van der Waals surface area contributed by atoms with Crippen molar-refractivity contribution >= 4 is 138 Å². The lowest BCUT2D eigenvalue weighted by molar-refractivity contribution is 1.27. The van der Waals surface area contributed by atoms with Crippen LogP contribution in [0.3, 0.4) is 0 Å². The molecule has 15 rings (SSSR count). The summed E-state index contributed by atoms with van der Waals surface area (Å²) in [6.45, 7) is 0.0355. The van der Waals surface area contributed by atoms with Crippen molar-refractivity contribution in [1.82, 2.24) is 0 Å². The van der Waals surface area contributed by atoms with Gasteiger partial charge < -0.3 is 9.80 Å². The molecule has 0 aliphatic carbocycles. The van der Waals surface area contributed by atoms with Crippen molar-refractivity contribution in [3.8, 4) is 0 Å². The summed E-state index contributed by atoms with van der Waals surface area (Å²) in [5, 5.41) is 11.2. The number of para-hydroxylation sites is 4. The quantitative estimate of drug-likeness (QED) is 0.153. The molecule has 4 heterocycles. The van der Waals surface area contributed by atoms with Crippen molar-refractivity contribution < 1.29 is 0 Å². The fourth-order valence-electron chi connectivity index (χ4n) is 13.1. The van der Waals surface area contributed by atoms with E-state index >= 15 is 0 Å². The lowest BCUT2D eigenvalue weighted by atomic mass is 9.36. The molecule has 7 heteroatoms. The molecule has 4 aliphatic heterocycles. The predicted molar refractivity (Wildman–Crippen MR) is 316 cm³/mol. The van der Waals surface area contributed by atoms with Crippen LogP contribution in [0.5, 0.6) is 0 Å². The summed E-state index contributed by atoms with van der Waals surface area (Å²) >= 11 is 3.85. The largest absolute Gasteiger partial charge is 0.311 e. The Hall–Kier alpha value is -7.78. The third-order valence-corrected chi connectivity index (χ3v) is 28.0. The molecule has 342 valence electrons. The highest BCUT2D eigenvalue weighted by Crippen LogP contribution is 2.44. The minimum absolute atomic E-state index is 0.0355. The fraction of sp³-hybridized carbons (Fsp3) is 0. The number of benzene rings is 11. The number of hydrogen-bond acceptors (Lipinski definition) is 4. The van der Waals surface area contributed by atoms with Gasteiger partial charge in [0.1, 0.15) is 0 Å². The van der Waals surface area contributed by atoms with Crippen LogP contribution in [-0.2, 0) is 0 Å². The molecule has 0 atom stereocenters. The molecule has 0 aromatic heterocycles. The van der Waals surface area contributed by atoms with Crippen molar-refractivity contribution in [3.63, 3.8) is 0 Å². The van der Waals surface area contributed by atoms with E-state index in [9.17, 15) is 0 Å². The summed E-state index contributed by atoms with van der Waals surface area (Å²) in [5.41, 5.74) is 11.5. The molecular weight excluding hydrogens is 952 g/mol. The molecule has 0 N–H and O–H groups in total. The Labute approximate surface area is 437 Å². The van der Waals surface area contributed by atoms with E-state index in [4.69, 9.17) is 0 Å². The smallest absolute Gasteiger partial charge is 0.247 e. The second kappa shape index (κ2) is 16.9. The molecule has 73 heavy (non-hydrogen) atoms. The van der Waals surface area contributed by atoms with Gasteiger partial charge in [-0.2, -0.15) is 0 Å². The Bertz CT molecular complexity index is 3540. The number of nitrogens with zero attached hydrogens (tertiary/aromatic N) is 2. The van der Waals surface area contributed by atoms with E-state index in [2.05, 4.69) is 283 Å². The van der Waals surface area contributed by atoms with E-state index in [1.54, 1.807) is 0 Å². The van der Waals surface area contributed by atoms with Gasteiger partial charge in [0.25, 0.3) is 0 Å². The van der Waals surface area contributed by atoms with E-state index in [1.807, 2.05) is 23.5 Å². The second-order valence-electron chi connectivity index (χ2n) is 19.5. The lowest BCUT2D eigenvalue weighted by Crippen LogP contribution is -2.77. The molecule has 0 saturated heterocycles. The molecule has 11 aromatic rings. The third-order valence-electron chi connectivity index (χ3n) is 15.9. The van der Waals surface area contributed by atoms with Crippen molar-refractivity contribution in [2.45, 2.75) is 19.6 Å². The van der Waals surface area contributed by atoms with Crippen molar-refractivity contribution in [1.29, 1.82) is 0 Å². The molecule has 0 spiro atoms. The van der Waals surface area contributed by atoms with E-state index in [-0.39, 0.29) is 6.71 Å². The SMILES string of the molecule is c1ccc([Si]2(c3ccccc3)c3ccccc3N(c3ccc4c(c3)B3c5cc(N6c7ccccc7[Si](c7ccccc7)(c7ccccc7)c7ccccc76)ccc5Sc5cccc(c53)S4)c3ccccc32)cc1. The first-order valence-electron chi connectivity index (χ1n) is 25.2. The van der Waals surface area contributed by atoms with Gasteiger partial charge in [-0.3, -0.25) is 0 Å². The highest BCUT2D eigenvalue weighted by Gasteiger charge is 2.51. The molecule has 11 aromatic carbocycles. The maximum atomic E-state index is 2.57. The van der Waals surface area contributed by atoms with Crippen LogP contribution < -0.4 is 67.7 Å². The van der Waals surface area contributed by atoms with Crippen LogP contribution in [0.15, 0.2) is 293 Å². The Morgan fingerprint density at radius 3 is 0.904 bits per heavy atom. The summed E-state index contributed by atoms with van der Waals surface area (Å²) in [5.74, 6) is 0. The summed E-state index contributed by atoms with van der Waals surface area (Å²) in [6.07, 6.45) is 0. The maximum Gasteiger partial charge on any atom is 0.247 e. The van der Waals surface area contributed by atoms with E-state index in [0.29, 0.717) is 0 Å². The molecule has 2 nitrogen and oxygen atoms in total. The van der Waals surface area contributed by atoms with E-state index in [0.717, 1.165) is 0 Å². The van der Waals surface area contributed by atoms with Gasteiger partial charge in [-0.25, -0.2) is 0 Å². The zero-order valence-corrected chi connectivity index (χ0v) is 43.4. The first kappa shape index (κ1) is 42.9. The average Bonchev–Trinajstić information content (AvgIpc) is 3.46. The van der Waals surface area contributed by atoms with Crippen LogP contribution in [0, 0.1) is 0 Å². The summed E-state index contributed by atoms with van der Waals surface area (Å²) in [6, 6.07) is 104. The monoisotopic (exact) mass is 996 g/mol. The van der Waals surface area contributed by atoms with Gasteiger partial charge in [0.15, 0.2) is 16.1 Å². The van der Waals surface area contributed by atoms with Crippen LogP contribution >= 0.6 is 23.5 Å². The highest BCUT2D eigenvalue weighted by molar-refractivity contribution is 8.01.